The summed E-state index contributed by atoms with van der Waals surface area (Å²) in [6, 6.07) is 17.0. The van der Waals surface area contributed by atoms with Gasteiger partial charge in [0.05, 0.1) is 6.42 Å². The lowest BCUT2D eigenvalue weighted by atomic mass is 9.97. The molecule has 1 saturated carbocycles. The van der Waals surface area contributed by atoms with Crippen LogP contribution in [0.3, 0.4) is 0 Å². The third-order valence-electron chi connectivity index (χ3n) is 4.21. The predicted molar refractivity (Wildman–Crippen MR) is 91.4 cm³/mol. The first-order valence-corrected chi connectivity index (χ1v) is 7.81. The minimum Gasteiger partial charge on any atom is -0.449 e. The molecular weight excluding hydrogens is 304 g/mol. The SMILES string of the molecule is NC(=O)OCC1(c2ccc(NC(=O)[CH]c3ccccc3)cc2)CC1. The number of ether oxygens (including phenoxy) is 1. The van der Waals surface area contributed by atoms with Gasteiger partial charge in [0.1, 0.15) is 6.61 Å². The second-order valence-corrected chi connectivity index (χ2v) is 6.01. The van der Waals surface area contributed by atoms with Gasteiger partial charge in [0.25, 0.3) is 0 Å². The third-order valence-corrected chi connectivity index (χ3v) is 4.21. The van der Waals surface area contributed by atoms with Crippen LogP contribution in [0, 0.1) is 6.42 Å². The first-order chi connectivity index (χ1) is 11.6. The first-order valence-electron chi connectivity index (χ1n) is 7.81. The van der Waals surface area contributed by atoms with Crippen LogP contribution in [0.15, 0.2) is 54.6 Å². The monoisotopic (exact) mass is 323 g/mol. The molecule has 0 saturated heterocycles. The number of rotatable bonds is 6. The smallest absolute Gasteiger partial charge is 0.404 e. The molecule has 0 aromatic heterocycles. The highest BCUT2D eigenvalue weighted by molar-refractivity contribution is 5.99. The lowest BCUT2D eigenvalue weighted by molar-refractivity contribution is -0.112. The molecule has 1 radical (unpaired) electrons. The van der Waals surface area contributed by atoms with Gasteiger partial charge in [0.15, 0.2) is 0 Å². The van der Waals surface area contributed by atoms with Gasteiger partial charge in [-0.15, -0.1) is 0 Å². The minimum absolute atomic E-state index is 0.117. The summed E-state index contributed by atoms with van der Waals surface area (Å²) in [7, 11) is 0. The summed E-state index contributed by atoms with van der Waals surface area (Å²) in [5.41, 5.74) is 7.59. The van der Waals surface area contributed by atoms with Crippen LogP contribution in [0.2, 0.25) is 0 Å². The van der Waals surface area contributed by atoms with Gasteiger partial charge in [-0.25, -0.2) is 4.79 Å². The standard InChI is InChI=1S/C19H19N2O3/c20-18(23)24-13-19(10-11-19)15-6-8-16(9-7-15)21-17(22)12-14-4-2-1-3-5-14/h1-9,12H,10-11,13H2,(H2,20,23)(H,21,22). The summed E-state index contributed by atoms with van der Waals surface area (Å²) in [6.45, 7) is 0.301. The van der Waals surface area contributed by atoms with Crippen molar-refractivity contribution in [1.29, 1.82) is 0 Å². The molecule has 0 aliphatic heterocycles. The van der Waals surface area contributed by atoms with Crippen LogP contribution in [0.5, 0.6) is 0 Å². The highest BCUT2D eigenvalue weighted by Crippen LogP contribution is 2.48. The molecule has 5 heteroatoms. The van der Waals surface area contributed by atoms with Gasteiger partial charge in [-0.3, -0.25) is 4.79 Å². The molecule has 0 atom stereocenters. The Balaban J connectivity index is 1.59. The summed E-state index contributed by atoms with van der Waals surface area (Å²) in [4.78, 5) is 22.8. The van der Waals surface area contributed by atoms with Crippen LogP contribution in [-0.4, -0.2) is 18.6 Å². The Morgan fingerprint density at radius 2 is 1.75 bits per heavy atom. The van der Waals surface area contributed by atoms with Crippen molar-refractivity contribution < 1.29 is 14.3 Å². The predicted octanol–water partition coefficient (Wildman–Crippen LogP) is 3.00. The normalized spacial score (nSPS) is 14.7. The van der Waals surface area contributed by atoms with E-state index in [0.717, 1.165) is 29.7 Å². The summed E-state index contributed by atoms with van der Waals surface area (Å²) in [5.74, 6) is -0.174. The Kier molecular flexibility index (Phi) is 4.51. The van der Waals surface area contributed by atoms with Crippen molar-refractivity contribution in [3.05, 3.63) is 72.1 Å². The summed E-state index contributed by atoms with van der Waals surface area (Å²) < 4.78 is 4.95. The molecule has 2 aromatic rings. The van der Waals surface area contributed by atoms with Gasteiger partial charge in [-0.2, -0.15) is 0 Å². The number of nitrogens with two attached hydrogens (primary N) is 1. The second-order valence-electron chi connectivity index (χ2n) is 6.01. The number of hydrogen-bond acceptors (Lipinski definition) is 3. The maximum Gasteiger partial charge on any atom is 0.404 e. The van der Waals surface area contributed by atoms with Crippen molar-refractivity contribution in [2.45, 2.75) is 18.3 Å². The molecule has 2 amide bonds. The molecule has 0 bridgehead atoms. The van der Waals surface area contributed by atoms with E-state index in [0.29, 0.717) is 6.61 Å². The van der Waals surface area contributed by atoms with Crippen molar-refractivity contribution in [1.82, 2.24) is 0 Å². The van der Waals surface area contributed by atoms with Crippen LogP contribution in [0.25, 0.3) is 0 Å². The number of carbonyl (C=O) groups is 2. The fourth-order valence-electron chi connectivity index (χ4n) is 2.66. The van der Waals surface area contributed by atoms with Gasteiger partial charge in [0, 0.05) is 11.1 Å². The summed E-state index contributed by atoms with van der Waals surface area (Å²) in [5, 5.41) is 2.84. The Hall–Kier alpha value is -2.82. The van der Waals surface area contributed by atoms with Crippen molar-refractivity contribution in [3.63, 3.8) is 0 Å². The van der Waals surface area contributed by atoms with E-state index in [1.807, 2.05) is 54.6 Å². The summed E-state index contributed by atoms with van der Waals surface area (Å²) in [6.07, 6.45) is 2.74. The average Bonchev–Trinajstić information content (AvgIpc) is 3.36. The van der Waals surface area contributed by atoms with Gasteiger partial charge in [0.2, 0.25) is 5.91 Å². The van der Waals surface area contributed by atoms with E-state index in [1.165, 1.54) is 0 Å². The molecule has 2 aromatic carbocycles. The Labute approximate surface area is 140 Å². The number of nitrogens with one attached hydrogen (secondary N) is 1. The van der Waals surface area contributed by atoms with Gasteiger partial charge >= 0.3 is 6.09 Å². The van der Waals surface area contributed by atoms with Gasteiger partial charge < -0.3 is 15.8 Å². The molecule has 0 unspecified atom stereocenters. The van der Waals surface area contributed by atoms with E-state index in [1.54, 1.807) is 6.42 Å². The minimum atomic E-state index is -0.749. The fourth-order valence-corrected chi connectivity index (χ4v) is 2.66. The largest absolute Gasteiger partial charge is 0.449 e. The summed E-state index contributed by atoms with van der Waals surface area (Å²) >= 11 is 0. The average molecular weight is 323 g/mol. The molecule has 1 fully saturated rings. The second kappa shape index (κ2) is 6.74. The van der Waals surface area contributed by atoms with Crippen LogP contribution < -0.4 is 11.1 Å². The molecule has 0 heterocycles. The molecule has 123 valence electrons. The fraction of sp³-hybridized carbons (Fsp3) is 0.211. The lowest BCUT2D eigenvalue weighted by Crippen LogP contribution is -2.22. The number of primary amides is 1. The molecule has 24 heavy (non-hydrogen) atoms. The maximum atomic E-state index is 12.0. The van der Waals surface area contributed by atoms with Crippen LogP contribution >= 0.6 is 0 Å². The lowest BCUT2D eigenvalue weighted by Gasteiger charge is -2.15. The van der Waals surface area contributed by atoms with Crippen molar-refractivity contribution in [3.8, 4) is 0 Å². The highest BCUT2D eigenvalue weighted by atomic mass is 16.5. The van der Waals surface area contributed by atoms with E-state index in [2.05, 4.69) is 5.32 Å². The van der Waals surface area contributed by atoms with Gasteiger partial charge in [-0.1, -0.05) is 42.5 Å². The quantitative estimate of drug-likeness (QED) is 0.857. The van der Waals surface area contributed by atoms with Crippen LogP contribution in [0.1, 0.15) is 24.0 Å². The zero-order chi connectivity index (χ0) is 17.0. The van der Waals surface area contributed by atoms with Crippen molar-refractivity contribution in [2.75, 3.05) is 11.9 Å². The Morgan fingerprint density at radius 3 is 2.33 bits per heavy atom. The number of hydrogen-bond donors (Lipinski definition) is 2. The van der Waals surface area contributed by atoms with E-state index in [4.69, 9.17) is 10.5 Å². The Morgan fingerprint density at radius 1 is 1.08 bits per heavy atom. The molecule has 3 rings (SSSR count). The van der Waals surface area contributed by atoms with E-state index in [-0.39, 0.29) is 11.3 Å². The van der Waals surface area contributed by atoms with E-state index >= 15 is 0 Å². The molecule has 0 spiro atoms. The number of carbonyl (C=O) groups excluding carboxylic acids is 2. The van der Waals surface area contributed by atoms with E-state index < -0.39 is 6.09 Å². The van der Waals surface area contributed by atoms with Gasteiger partial charge in [-0.05, 0) is 36.1 Å². The zero-order valence-corrected chi connectivity index (χ0v) is 13.2. The van der Waals surface area contributed by atoms with Crippen LogP contribution in [0.4, 0.5) is 10.5 Å². The number of benzene rings is 2. The molecular formula is C19H19N2O3. The number of amides is 2. The molecule has 3 N–H and O–H groups in total. The molecule has 5 nitrogen and oxygen atoms in total. The zero-order valence-electron chi connectivity index (χ0n) is 13.2. The maximum absolute atomic E-state index is 12.0. The molecule has 1 aliphatic carbocycles. The third kappa shape index (κ3) is 3.93. The van der Waals surface area contributed by atoms with Crippen molar-refractivity contribution >= 4 is 17.7 Å². The number of anilines is 1. The highest BCUT2D eigenvalue weighted by Gasteiger charge is 2.45. The first kappa shape index (κ1) is 16.1. The Bertz CT molecular complexity index is 722. The van der Waals surface area contributed by atoms with E-state index in [9.17, 15) is 9.59 Å². The van der Waals surface area contributed by atoms with Crippen LogP contribution in [-0.2, 0) is 14.9 Å². The molecule has 1 aliphatic rings. The van der Waals surface area contributed by atoms with Crippen molar-refractivity contribution in [2.24, 2.45) is 5.73 Å². The topological polar surface area (TPSA) is 81.4 Å².